The Labute approximate surface area is 222 Å². The molecule has 1 amide bonds. The van der Waals surface area contributed by atoms with E-state index in [1.807, 2.05) is 63.3 Å². The van der Waals surface area contributed by atoms with Crippen molar-refractivity contribution in [2.24, 2.45) is 0 Å². The van der Waals surface area contributed by atoms with Gasteiger partial charge in [0.05, 0.1) is 36.0 Å². The molecule has 0 radical (unpaired) electrons. The molecule has 0 unspecified atom stereocenters. The fourth-order valence-corrected chi connectivity index (χ4v) is 5.66. The van der Waals surface area contributed by atoms with Gasteiger partial charge >= 0.3 is 0 Å². The van der Waals surface area contributed by atoms with E-state index in [0.717, 1.165) is 45.8 Å². The molecule has 0 spiro atoms. The molecule has 1 aliphatic rings. The average molecular weight is 531 g/mol. The molecule has 0 aliphatic carbocycles. The minimum atomic E-state index is -0.146. The third-order valence-corrected chi connectivity index (χ3v) is 6.96. The van der Waals surface area contributed by atoms with Crippen LogP contribution < -0.4 is 10.2 Å². The number of rotatable bonds is 6. The molecule has 9 heteroatoms. The summed E-state index contributed by atoms with van der Waals surface area (Å²) in [6.07, 6.45) is 0. The van der Waals surface area contributed by atoms with Crippen LogP contribution >= 0.6 is 23.5 Å². The Morgan fingerprint density at radius 3 is 2.44 bits per heavy atom. The number of aromatic nitrogens is 1. The second-order valence-electron chi connectivity index (χ2n) is 8.53. The molecule has 2 aromatic carbocycles. The van der Waals surface area contributed by atoms with Crippen LogP contribution in [0.3, 0.4) is 0 Å². The second kappa shape index (κ2) is 12.6. The van der Waals surface area contributed by atoms with Gasteiger partial charge in [-0.3, -0.25) is 14.2 Å². The maximum absolute atomic E-state index is 12.7. The van der Waals surface area contributed by atoms with Crippen LogP contribution in [0.15, 0.2) is 41.3 Å². The van der Waals surface area contributed by atoms with Crippen LogP contribution in [-0.2, 0) is 9.53 Å². The van der Waals surface area contributed by atoms with E-state index in [2.05, 4.69) is 16.3 Å². The summed E-state index contributed by atoms with van der Waals surface area (Å²) in [5.74, 6) is -0.178. The van der Waals surface area contributed by atoms with Crippen molar-refractivity contribution < 1.29 is 14.3 Å². The van der Waals surface area contributed by atoms with Gasteiger partial charge in [0.2, 0.25) is 11.8 Å². The molecule has 0 bridgehead atoms. The number of anilines is 2. The molecule has 1 aliphatic heterocycles. The quantitative estimate of drug-likeness (QED) is 0.393. The number of amides is 1. The second-order valence-corrected chi connectivity index (χ2v) is 10.2. The third-order valence-electron chi connectivity index (χ3n) is 5.71. The maximum Gasteiger partial charge on any atom is 0.239 e. The summed E-state index contributed by atoms with van der Waals surface area (Å²) in [5.41, 5.74) is 4.47. The highest BCUT2D eigenvalue weighted by molar-refractivity contribution is 7.97. The Kier molecular flexibility index (Phi) is 9.84. The number of carbonyl (C=O) groups is 2. The number of morpholine rings is 1. The van der Waals surface area contributed by atoms with Gasteiger partial charge in [-0.15, -0.1) is 0 Å². The summed E-state index contributed by atoms with van der Waals surface area (Å²) in [5, 5.41) is 4.55. The van der Waals surface area contributed by atoms with E-state index in [-0.39, 0.29) is 18.4 Å². The van der Waals surface area contributed by atoms with E-state index in [9.17, 15) is 9.59 Å². The van der Waals surface area contributed by atoms with E-state index in [4.69, 9.17) is 16.3 Å². The zero-order valence-electron chi connectivity index (χ0n) is 21.9. The Morgan fingerprint density at radius 1 is 1.11 bits per heavy atom. The topological polar surface area (TPSA) is 66.8 Å². The molecule has 194 valence electrons. The number of halogens is 1. The monoisotopic (exact) mass is 530 g/mol. The number of ether oxygens (including phenoxy) is 1. The van der Waals surface area contributed by atoms with Crippen LogP contribution in [0.5, 0.6) is 0 Å². The highest BCUT2D eigenvalue weighted by Crippen LogP contribution is 2.33. The number of nitrogens with one attached hydrogen (secondary N) is 1. The van der Waals surface area contributed by atoms with Crippen LogP contribution in [0.4, 0.5) is 11.4 Å². The SMILES string of the molecule is CC.CC(=O)n1c(C)cc2cc(C)cc(SN(C)CC(=O)Nc3ccc(N4CCOCC4)c(Cl)c3)c21. The molecule has 1 saturated heterocycles. The highest BCUT2D eigenvalue weighted by Gasteiger charge is 2.18. The summed E-state index contributed by atoms with van der Waals surface area (Å²) < 4.78 is 8.99. The van der Waals surface area contributed by atoms with Gasteiger partial charge in [-0.2, -0.15) is 0 Å². The largest absolute Gasteiger partial charge is 0.378 e. The lowest BCUT2D eigenvalue weighted by molar-refractivity contribution is -0.116. The Bertz CT molecular complexity index is 1240. The van der Waals surface area contributed by atoms with Crippen molar-refractivity contribution in [3.05, 3.63) is 52.7 Å². The molecular weight excluding hydrogens is 496 g/mol. The number of hydrogen-bond acceptors (Lipinski definition) is 6. The zero-order valence-corrected chi connectivity index (χ0v) is 23.4. The first-order valence-electron chi connectivity index (χ1n) is 12.2. The lowest BCUT2D eigenvalue weighted by Gasteiger charge is -2.29. The van der Waals surface area contributed by atoms with Crippen molar-refractivity contribution >= 4 is 57.6 Å². The lowest BCUT2D eigenvalue weighted by Crippen LogP contribution is -2.36. The smallest absolute Gasteiger partial charge is 0.239 e. The minimum Gasteiger partial charge on any atom is -0.378 e. The molecule has 4 rings (SSSR count). The van der Waals surface area contributed by atoms with Crippen LogP contribution in [0, 0.1) is 13.8 Å². The summed E-state index contributed by atoms with van der Waals surface area (Å²) in [6, 6.07) is 11.7. The van der Waals surface area contributed by atoms with Gasteiger partial charge in [0, 0.05) is 41.7 Å². The van der Waals surface area contributed by atoms with Gasteiger partial charge in [0.25, 0.3) is 0 Å². The average Bonchev–Trinajstić information content (AvgIpc) is 3.16. The standard InChI is InChI=1S/C25H29ClN4O3S.C2H6/c1-16-11-19-13-17(2)30(18(3)31)25(19)23(12-16)34-28(4)15-24(32)27-20-5-6-22(21(26)14-20)29-7-9-33-10-8-29;1-2/h5-6,11-14H,7-10,15H2,1-4H3,(H,27,32);1-2H3. The first-order valence-corrected chi connectivity index (χ1v) is 13.3. The molecule has 3 aromatic rings. The Morgan fingerprint density at radius 2 is 1.81 bits per heavy atom. The Hall–Kier alpha value is -2.52. The Balaban J connectivity index is 0.00000176. The van der Waals surface area contributed by atoms with Crippen molar-refractivity contribution in [1.82, 2.24) is 8.87 Å². The van der Waals surface area contributed by atoms with Crippen molar-refractivity contribution in [3.63, 3.8) is 0 Å². The summed E-state index contributed by atoms with van der Waals surface area (Å²) >= 11 is 7.94. The van der Waals surface area contributed by atoms with Gasteiger partial charge in [0.1, 0.15) is 0 Å². The normalized spacial score (nSPS) is 13.5. The van der Waals surface area contributed by atoms with Gasteiger partial charge in [-0.05, 0) is 74.8 Å². The minimum absolute atomic E-state index is 0.0315. The molecular formula is C27H35ClN4O3S. The predicted octanol–water partition coefficient (Wildman–Crippen LogP) is 6.01. The maximum atomic E-state index is 12.7. The fraction of sp³-hybridized carbons (Fsp3) is 0.407. The van der Waals surface area contributed by atoms with Crippen LogP contribution in [0.25, 0.3) is 10.9 Å². The molecule has 1 N–H and O–H groups in total. The number of fused-ring (bicyclic) bond motifs is 1. The van der Waals surface area contributed by atoms with Crippen LogP contribution in [0.2, 0.25) is 5.02 Å². The van der Waals surface area contributed by atoms with Crippen molar-refractivity contribution in [2.75, 3.05) is 50.1 Å². The number of benzene rings is 2. The molecule has 7 nitrogen and oxygen atoms in total. The van der Waals surface area contributed by atoms with Crippen molar-refractivity contribution in [2.45, 2.75) is 39.5 Å². The van der Waals surface area contributed by atoms with Crippen LogP contribution in [0.1, 0.15) is 36.8 Å². The fourth-order valence-electron chi connectivity index (χ4n) is 4.31. The van der Waals surface area contributed by atoms with E-state index >= 15 is 0 Å². The third kappa shape index (κ3) is 6.62. The molecule has 0 atom stereocenters. The number of nitrogens with zero attached hydrogens (tertiary/aromatic N) is 3. The van der Waals surface area contributed by atoms with E-state index in [1.165, 1.54) is 11.9 Å². The van der Waals surface area contributed by atoms with Crippen LogP contribution in [-0.4, -0.2) is 60.6 Å². The van der Waals surface area contributed by atoms with E-state index in [1.54, 1.807) is 17.6 Å². The van der Waals surface area contributed by atoms with Crippen molar-refractivity contribution in [3.8, 4) is 0 Å². The molecule has 1 aromatic heterocycles. The first kappa shape index (κ1) is 28.1. The molecule has 0 saturated carbocycles. The number of hydrogen-bond donors (Lipinski definition) is 1. The van der Waals surface area contributed by atoms with Gasteiger partial charge in [-0.1, -0.05) is 25.4 Å². The van der Waals surface area contributed by atoms with Crippen molar-refractivity contribution in [1.29, 1.82) is 0 Å². The molecule has 2 heterocycles. The van der Waals surface area contributed by atoms with Gasteiger partial charge < -0.3 is 15.0 Å². The first-order chi connectivity index (χ1) is 17.2. The lowest BCUT2D eigenvalue weighted by atomic mass is 10.2. The highest BCUT2D eigenvalue weighted by atomic mass is 35.5. The van der Waals surface area contributed by atoms with E-state index in [0.29, 0.717) is 23.9 Å². The number of likely N-dealkylation sites (N-methyl/N-ethyl adjacent to an activating group) is 1. The summed E-state index contributed by atoms with van der Waals surface area (Å²) in [6.45, 7) is 12.7. The summed E-state index contributed by atoms with van der Waals surface area (Å²) in [4.78, 5) is 28.1. The summed E-state index contributed by atoms with van der Waals surface area (Å²) in [7, 11) is 1.86. The number of aryl methyl sites for hydroxylation is 2. The molecule has 36 heavy (non-hydrogen) atoms. The van der Waals surface area contributed by atoms with Gasteiger partial charge in [0.15, 0.2) is 0 Å². The zero-order chi connectivity index (χ0) is 26.4. The molecule has 1 fully saturated rings. The number of carbonyl (C=O) groups excluding carboxylic acids is 2. The van der Waals surface area contributed by atoms with Gasteiger partial charge in [-0.25, -0.2) is 4.31 Å². The van der Waals surface area contributed by atoms with E-state index < -0.39 is 0 Å². The predicted molar refractivity (Wildman–Crippen MR) is 151 cm³/mol.